The largest absolute Gasteiger partial charge is 0.443 e. The van der Waals surface area contributed by atoms with Crippen LogP contribution >= 0.6 is 11.8 Å². The molecule has 196 valence electrons. The number of thioether (sulfide) groups is 1. The van der Waals surface area contributed by atoms with E-state index in [-0.39, 0.29) is 23.9 Å². The van der Waals surface area contributed by atoms with E-state index in [1.54, 1.807) is 20.8 Å². The van der Waals surface area contributed by atoms with Crippen LogP contribution in [-0.2, 0) is 15.0 Å². The van der Waals surface area contributed by atoms with E-state index < -0.39 is 54.0 Å². The minimum Gasteiger partial charge on any atom is -0.443 e. The summed E-state index contributed by atoms with van der Waals surface area (Å²) in [5, 5.41) is -2.66. The number of ether oxygens (including phenoxy) is 2. The zero-order valence-electron chi connectivity index (χ0n) is 21.3. The topological polar surface area (TPSA) is 51.1 Å². The molecule has 4 atom stereocenters. The third-order valence-corrected chi connectivity index (χ3v) is 9.21. The van der Waals surface area contributed by atoms with Crippen molar-refractivity contribution in [1.29, 1.82) is 0 Å². The van der Waals surface area contributed by atoms with Gasteiger partial charge in [0.05, 0.1) is 5.54 Å². The van der Waals surface area contributed by atoms with Crippen molar-refractivity contribution in [2.45, 2.75) is 82.1 Å². The van der Waals surface area contributed by atoms with Crippen LogP contribution in [-0.4, -0.2) is 54.3 Å². The summed E-state index contributed by atoms with van der Waals surface area (Å²) in [6, 6.07) is 4.38. The Bertz CT molecular complexity index is 1000. The standard InChI is InChI=1S/C24H34F4N2O3SSi/c1-22(2,3)33-21(31)30(14-32-11-12-35(5,6)7)20-29-23(4,15-9-8-10-16(25)19(15)27)17-13-18(26)24(17,28)34-20/h8-10,17-18H,11-14H2,1-7H3/t17?,18-,23+,24+/m0/s1. The molecule has 0 radical (unpaired) electrons. The van der Waals surface area contributed by atoms with Crippen molar-refractivity contribution in [2.24, 2.45) is 10.9 Å². The number of benzene rings is 1. The number of hydrogen-bond acceptors (Lipinski definition) is 5. The highest BCUT2D eigenvalue weighted by Gasteiger charge is 2.68. The van der Waals surface area contributed by atoms with E-state index in [2.05, 4.69) is 24.6 Å². The van der Waals surface area contributed by atoms with Crippen LogP contribution in [0.25, 0.3) is 0 Å². The lowest BCUT2D eigenvalue weighted by atomic mass is 9.65. The number of amidine groups is 1. The fourth-order valence-corrected chi connectivity index (χ4v) is 6.27. The Kier molecular flexibility index (Phi) is 7.76. The molecule has 1 fully saturated rings. The van der Waals surface area contributed by atoms with Gasteiger partial charge in [-0.2, -0.15) is 0 Å². The highest BCUT2D eigenvalue weighted by molar-refractivity contribution is 8.15. The maximum Gasteiger partial charge on any atom is 0.418 e. The lowest BCUT2D eigenvalue weighted by Gasteiger charge is -2.55. The highest BCUT2D eigenvalue weighted by atomic mass is 32.2. The number of amides is 1. The molecule has 0 N–H and O–H groups in total. The number of halogens is 4. The van der Waals surface area contributed by atoms with Gasteiger partial charge < -0.3 is 9.47 Å². The Hall–Kier alpha value is -1.59. The van der Waals surface area contributed by atoms with Crippen LogP contribution in [0.1, 0.15) is 39.7 Å². The van der Waals surface area contributed by atoms with Gasteiger partial charge in [0.1, 0.15) is 18.5 Å². The first kappa shape index (κ1) is 28.0. The molecule has 1 unspecified atom stereocenters. The van der Waals surface area contributed by atoms with Crippen molar-refractivity contribution in [1.82, 2.24) is 4.90 Å². The molecule has 3 rings (SSSR count). The van der Waals surface area contributed by atoms with Crippen LogP contribution in [0.15, 0.2) is 23.2 Å². The molecule has 1 aliphatic heterocycles. The lowest BCUT2D eigenvalue weighted by Crippen LogP contribution is -2.63. The van der Waals surface area contributed by atoms with Gasteiger partial charge in [-0.15, -0.1) is 0 Å². The van der Waals surface area contributed by atoms with Crippen LogP contribution in [0.5, 0.6) is 0 Å². The van der Waals surface area contributed by atoms with E-state index in [1.165, 1.54) is 19.1 Å². The van der Waals surface area contributed by atoms with Gasteiger partial charge in [-0.05, 0) is 58.0 Å². The van der Waals surface area contributed by atoms with Gasteiger partial charge in [0.25, 0.3) is 0 Å². The van der Waals surface area contributed by atoms with Crippen molar-refractivity contribution < 1.29 is 31.8 Å². The van der Waals surface area contributed by atoms with Crippen LogP contribution in [0.3, 0.4) is 0 Å². The molecule has 0 saturated heterocycles. The first-order valence-electron chi connectivity index (χ1n) is 11.6. The fraction of sp³-hybridized carbons (Fsp3) is 0.667. The second-order valence-electron chi connectivity index (χ2n) is 11.5. The summed E-state index contributed by atoms with van der Waals surface area (Å²) in [7, 11) is -1.43. The van der Waals surface area contributed by atoms with E-state index in [4.69, 9.17) is 9.47 Å². The van der Waals surface area contributed by atoms with Crippen molar-refractivity contribution in [3.63, 3.8) is 0 Å². The van der Waals surface area contributed by atoms with Gasteiger partial charge >= 0.3 is 6.09 Å². The average molecular weight is 535 g/mol. The Labute approximate surface area is 209 Å². The summed E-state index contributed by atoms with van der Waals surface area (Å²) in [4.78, 5) is 18.7. The quantitative estimate of drug-likeness (QED) is 0.173. The van der Waals surface area contributed by atoms with Gasteiger partial charge in [-0.1, -0.05) is 31.8 Å². The molecule has 1 heterocycles. The van der Waals surface area contributed by atoms with Crippen molar-refractivity contribution in [3.05, 3.63) is 35.4 Å². The number of hydrogen-bond donors (Lipinski definition) is 0. The molecule has 2 aliphatic rings. The third-order valence-electron chi connectivity index (χ3n) is 6.16. The summed E-state index contributed by atoms with van der Waals surface area (Å²) >= 11 is 0.471. The molecule has 0 aromatic heterocycles. The number of nitrogens with zero attached hydrogens (tertiary/aromatic N) is 2. The first-order valence-corrected chi connectivity index (χ1v) is 16.1. The van der Waals surface area contributed by atoms with Gasteiger partial charge in [-0.3, -0.25) is 4.99 Å². The molecular formula is C24H34F4N2O3SSi. The van der Waals surface area contributed by atoms with E-state index in [9.17, 15) is 18.0 Å². The summed E-state index contributed by atoms with van der Waals surface area (Å²) in [6.07, 6.45) is -2.91. The predicted octanol–water partition coefficient (Wildman–Crippen LogP) is 6.86. The Morgan fingerprint density at radius 1 is 1.29 bits per heavy atom. The third kappa shape index (κ3) is 5.88. The van der Waals surface area contributed by atoms with Crippen LogP contribution in [0.2, 0.25) is 25.7 Å². The molecule has 1 saturated carbocycles. The maximum absolute atomic E-state index is 16.0. The fourth-order valence-electron chi connectivity index (χ4n) is 4.07. The average Bonchev–Trinajstić information content (AvgIpc) is 2.70. The molecular weight excluding hydrogens is 500 g/mol. The normalized spacial score (nSPS) is 28.6. The zero-order valence-corrected chi connectivity index (χ0v) is 23.1. The summed E-state index contributed by atoms with van der Waals surface area (Å²) in [5.74, 6) is -3.34. The smallest absolute Gasteiger partial charge is 0.418 e. The highest BCUT2D eigenvalue weighted by Crippen LogP contribution is 2.63. The molecule has 35 heavy (non-hydrogen) atoms. The monoisotopic (exact) mass is 534 g/mol. The lowest BCUT2D eigenvalue weighted by molar-refractivity contribution is -0.0661. The maximum atomic E-state index is 16.0. The predicted molar refractivity (Wildman–Crippen MR) is 133 cm³/mol. The van der Waals surface area contributed by atoms with Crippen molar-refractivity contribution >= 4 is 31.1 Å². The van der Waals surface area contributed by atoms with Gasteiger partial charge in [-0.25, -0.2) is 27.3 Å². The molecule has 1 aromatic carbocycles. The minimum atomic E-state index is -2.47. The molecule has 0 bridgehead atoms. The van der Waals surface area contributed by atoms with Crippen LogP contribution in [0, 0.1) is 17.6 Å². The van der Waals surface area contributed by atoms with Gasteiger partial charge in [0.2, 0.25) is 0 Å². The number of alkyl halides is 2. The molecule has 5 nitrogen and oxygen atoms in total. The van der Waals surface area contributed by atoms with Crippen LogP contribution < -0.4 is 0 Å². The van der Waals surface area contributed by atoms with Gasteiger partial charge in [0.15, 0.2) is 21.8 Å². The molecule has 11 heteroatoms. The second-order valence-corrected chi connectivity index (χ2v) is 18.3. The minimum absolute atomic E-state index is 0.195. The number of aliphatic imine (C=N–C) groups is 1. The second kappa shape index (κ2) is 9.70. The Morgan fingerprint density at radius 2 is 1.94 bits per heavy atom. The van der Waals surface area contributed by atoms with E-state index in [0.717, 1.165) is 17.0 Å². The number of carbonyl (C=O) groups is 1. The van der Waals surface area contributed by atoms with E-state index in [1.807, 2.05) is 0 Å². The number of carbonyl (C=O) groups excluding carboxylic acids is 1. The molecule has 1 aliphatic carbocycles. The van der Waals surface area contributed by atoms with Gasteiger partial charge in [0, 0.05) is 26.2 Å². The number of rotatable bonds is 6. The zero-order chi connectivity index (χ0) is 26.4. The summed E-state index contributed by atoms with van der Waals surface area (Å²) in [6.45, 7) is 13.0. The molecule has 1 amide bonds. The molecule has 1 aromatic rings. The van der Waals surface area contributed by atoms with Crippen molar-refractivity contribution in [2.75, 3.05) is 13.3 Å². The summed E-state index contributed by atoms with van der Waals surface area (Å²) in [5.41, 5.74) is -2.72. The Morgan fingerprint density at radius 3 is 2.51 bits per heavy atom. The number of fused-ring (bicyclic) bond motifs is 1. The summed E-state index contributed by atoms with van der Waals surface area (Å²) < 4.78 is 70.8. The Balaban J connectivity index is 2.03. The van der Waals surface area contributed by atoms with Crippen molar-refractivity contribution in [3.8, 4) is 0 Å². The molecule has 0 spiro atoms. The van der Waals surface area contributed by atoms with E-state index in [0.29, 0.717) is 18.4 Å². The van der Waals surface area contributed by atoms with Crippen LogP contribution in [0.4, 0.5) is 22.4 Å². The first-order chi connectivity index (χ1) is 16.0. The van der Waals surface area contributed by atoms with E-state index >= 15 is 4.39 Å². The SMILES string of the molecule is CC(C)(C)OC(=O)N(COCC[Si](C)(C)C)C1=N[C@](C)(c2cccc(F)c2F)C2C[C@H](F)[C@]2(F)S1.